The zero-order chi connectivity index (χ0) is 11.5. The van der Waals surface area contributed by atoms with Crippen molar-refractivity contribution in [3.63, 3.8) is 0 Å². The minimum atomic E-state index is 0.644. The molecule has 1 aliphatic carbocycles. The van der Waals surface area contributed by atoms with Crippen LogP contribution in [0.15, 0.2) is 0 Å². The van der Waals surface area contributed by atoms with Crippen LogP contribution in [0.2, 0.25) is 0 Å². The second-order valence-electron chi connectivity index (χ2n) is 4.56. The summed E-state index contributed by atoms with van der Waals surface area (Å²) >= 11 is 1.78. The molecule has 4 heteroatoms. The number of nitrogens with two attached hydrogens (primary N) is 1. The molecule has 0 radical (unpaired) electrons. The Hall–Kier alpha value is -0.610. The van der Waals surface area contributed by atoms with E-state index in [2.05, 4.69) is 18.9 Å². The minimum absolute atomic E-state index is 0.644. The molecule has 0 saturated heterocycles. The van der Waals surface area contributed by atoms with E-state index in [9.17, 15) is 0 Å². The van der Waals surface area contributed by atoms with E-state index >= 15 is 0 Å². The van der Waals surface area contributed by atoms with E-state index in [4.69, 9.17) is 10.7 Å². The van der Waals surface area contributed by atoms with E-state index in [0.29, 0.717) is 12.5 Å². The van der Waals surface area contributed by atoms with Crippen molar-refractivity contribution in [2.24, 2.45) is 5.73 Å². The highest BCUT2D eigenvalue weighted by Gasteiger charge is 2.29. The van der Waals surface area contributed by atoms with Crippen molar-refractivity contribution in [1.82, 2.24) is 4.98 Å². The van der Waals surface area contributed by atoms with Crippen LogP contribution in [0.25, 0.3) is 0 Å². The SMILES string of the molecule is CCCCN(C)c1nc(C2CC2)c(CN)s1. The number of aromatic nitrogens is 1. The predicted molar refractivity (Wildman–Crippen MR) is 70.2 cm³/mol. The van der Waals surface area contributed by atoms with Gasteiger partial charge < -0.3 is 10.6 Å². The Balaban J connectivity index is 2.08. The van der Waals surface area contributed by atoms with Crippen LogP contribution in [-0.2, 0) is 6.54 Å². The lowest BCUT2D eigenvalue weighted by molar-refractivity contribution is 0.763. The van der Waals surface area contributed by atoms with Crippen molar-refractivity contribution in [2.75, 3.05) is 18.5 Å². The van der Waals surface area contributed by atoms with Gasteiger partial charge in [-0.2, -0.15) is 0 Å². The molecular weight excluding hydrogens is 218 g/mol. The van der Waals surface area contributed by atoms with Crippen molar-refractivity contribution in [2.45, 2.75) is 45.1 Å². The normalized spacial score (nSPS) is 15.4. The molecule has 2 N–H and O–H groups in total. The lowest BCUT2D eigenvalue weighted by Crippen LogP contribution is -2.17. The number of unbranched alkanes of at least 4 members (excludes halogenated alkanes) is 1. The molecule has 1 heterocycles. The van der Waals surface area contributed by atoms with Gasteiger partial charge in [0, 0.05) is 30.9 Å². The largest absolute Gasteiger partial charge is 0.351 e. The third kappa shape index (κ3) is 2.55. The van der Waals surface area contributed by atoms with Crippen LogP contribution < -0.4 is 10.6 Å². The Bertz CT molecular complexity index is 344. The summed E-state index contributed by atoms with van der Waals surface area (Å²) < 4.78 is 0. The molecule has 16 heavy (non-hydrogen) atoms. The molecule has 1 saturated carbocycles. The fraction of sp³-hybridized carbons (Fsp3) is 0.750. The second kappa shape index (κ2) is 5.15. The summed E-state index contributed by atoms with van der Waals surface area (Å²) in [5.74, 6) is 0.711. The molecular formula is C12H21N3S. The van der Waals surface area contributed by atoms with Crippen LogP contribution in [0.5, 0.6) is 0 Å². The third-order valence-electron chi connectivity index (χ3n) is 3.04. The zero-order valence-electron chi connectivity index (χ0n) is 10.2. The monoisotopic (exact) mass is 239 g/mol. The number of hydrogen-bond donors (Lipinski definition) is 1. The van der Waals surface area contributed by atoms with Gasteiger partial charge in [0.15, 0.2) is 5.13 Å². The number of rotatable bonds is 6. The predicted octanol–water partition coefficient (Wildman–Crippen LogP) is 2.72. The quantitative estimate of drug-likeness (QED) is 0.830. The molecule has 3 nitrogen and oxygen atoms in total. The maximum absolute atomic E-state index is 5.78. The summed E-state index contributed by atoms with van der Waals surface area (Å²) in [7, 11) is 2.13. The first-order valence-electron chi connectivity index (χ1n) is 6.17. The van der Waals surface area contributed by atoms with Gasteiger partial charge in [0.05, 0.1) is 5.69 Å². The van der Waals surface area contributed by atoms with Gasteiger partial charge in [-0.1, -0.05) is 13.3 Å². The molecule has 2 rings (SSSR count). The first kappa shape index (κ1) is 11.9. The highest BCUT2D eigenvalue weighted by Crippen LogP contribution is 2.43. The molecule has 1 aromatic heterocycles. The Kier molecular flexibility index (Phi) is 3.82. The van der Waals surface area contributed by atoms with Gasteiger partial charge in [-0.05, 0) is 19.3 Å². The Labute approximate surface area is 102 Å². The molecule has 0 amide bonds. The third-order valence-corrected chi connectivity index (χ3v) is 4.25. The maximum atomic E-state index is 5.78. The molecule has 0 unspecified atom stereocenters. The Morgan fingerprint density at radius 3 is 2.81 bits per heavy atom. The summed E-state index contributed by atoms with van der Waals surface area (Å²) in [5, 5.41) is 1.15. The maximum Gasteiger partial charge on any atom is 0.185 e. The standard InChI is InChI=1S/C12H21N3S/c1-3-4-7-15(2)12-14-11(9-5-6-9)10(8-13)16-12/h9H,3-8,13H2,1-2H3. The number of nitrogens with zero attached hydrogens (tertiary/aromatic N) is 2. The highest BCUT2D eigenvalue weighted by molar-refractivity contribution is 7.15. The summed E-state index contributed by atoms with van der Waals surface area (Å²) in [5.41, 5.74) is 7.06. The molecule has 0 aliphatic heterocycles. The van der Waals surface area contributed by atoms with Crippen molar-refractivity contribution < 1.29 is 0 Å². The van der Waals surface area contributed by atoms with Gasteiger partial charge in [-0.15, -0.1) is 11.3 Å². The van der Waals surface area contributed by atoms with Crippen LogP contribution in [0.3, 0.4) is 0 Å². The topological polar surface area (TPSA) is 42.2 Å². The summed E-state index contributed by atoms with van der Waals surface area (Å²) in [6.45, 7) is 3.96. The highest BCUT2D eigenvalue weighted by atomic mass is 32.1. The van der Waals surface area contributed by atoms with Crippen molar-refractivity contribution in [3.05, 3.63) is 10.6 Å². The van der Waals surface area contributed by atoms with Gasteiger partial charge in [0.25, 0.3) is 0 Å². The van der Waals surface area contributed by atoms with Gasteiger partial charge >= 0.3 is 0 Å². The lowest BCUT2D eigenvalue weighted by Gasteiger charge is -2.14. The lowest BCUT2D eigenvalue weighted by atomic mass is 10.2. The molecule has 90 valence electrons. The van der Waals surface area contributed by atoms with Gasteiger partial charge in [-0.3, -0.25) is 0 Å². The fourth-order valence-electron chi connectivity index (χ4n) is 1.83. The average molecular weight is 239 g/mol. The van der Waals surface area contributed by atoms with Crippen molar-refractivity contribution in [1.29, 1.82) is 0 Å². The molecule has 0 atom stereocenters. The van der Waals surface area contributed by atoms with E-state index < -0.39 is 0 Å². The molecule has 0 spiro atoms. The number of hydrogen-bond acceptors (Lipinski definition) is 4. The van der Waals surface area contributed by atoms with E-state index in [1.54, 1.807) is 11.3 Å². The van der Waals surface area contributed by atoms with Crippen LogP contribution in [0, 0.1) is 0 Å². The smallest absolute Gasteiger partial charge is 0.185 e. The van der Waals surface area contributed by atoms with Gasteiger partial charge in [0.2, 0.25) is 0 Å². The summed E-state index contributed by atoms with van der Waals surface area (Å²) in [6.07, 6.45) is 5.06. The second-order valence-corrected chi connectivity index (χ2v) is 5.62. The first-order valence-corrected chi connectivity index (χ1v) is 6.98. The van der Waals surface area contributed by atoms with Crippen LogP contribution in [0.1, 0.15) is 49.1 Å². The number of thiazole rings is 1. The average Bonchev–Trinajstić information content (AvgIpc) is 3.05. The van der Waals surface area contributed by atoms with Crippen LogP contribution >= 0.6 is 11.3 Å². The summed E-state index contributed by atoms with van der Waals surface area (Å²) in [6, 6.07) is 0. The number of anilines is 1. The van der Waals surface area contributed by atoms with Gasteiger partial charge in [-0.25, -0.2) is 4.98 Å². The molecule has 0 bridgehead atoms. The Morgan fingerprint density at radius 1 is 1.50 bits per heavy atom. The van der Waals surface area contributed by atoms with Gasteiger partial charge in [0.1, 0.15) is 0 Å². The molecule has 1 fully saturated rings. The van der Waals surface area contributed by atoms with Crippen molar-refractivity contribution in [3.8, 4) is 0 Å². The minimum Gasteiger partial charge on any atom is -0.351 e. The van der Waals surface area contributed by atoms with Crippen LogP contribution in [0.4, 0.5) is 5.13 Å². The summed E-state index contributed by atoms with van der Waals surface area (Å²) in [4.78, 5) is 8.32. The first-order chi connectivity index (χ1) is 7.76. The van der Waals surface area contributed by atoms with Crippen molar-refractivity contribution >= 4 is 16.5 Å². The Morgan fingerprint density at radius 2 is 2.25 bits per heavy atom. The molecule has 1 aromatic rings. The molecule has 1 aliphatic rings. The van der Waals surface area contributed by atoms with E-state index in [1.807, 2.05) is 0 Å². The van der Waals surface area contributed by atoms with E-state index in [-0.39, 0.29) is 0 Å². The van der Waals surface area contributed by atoms with E-state index in [0.717, 1.165) is 11.7 Å². The zero-order valence-corrected chi connectivity index (χ0v) is 11.0. The molecule has 0 aromatic carbocycles. The van der Waals surface area contributed by atoms with E-state index in [1.165, 1.54) is 36.3 Å². The van der Waals surface area contributed by atoms with Crippen LogP contribution in [-0.4, -0.2) is 18.6 Å². The fourth-order valence-corrected chi connectivity index (χ4v) is 2.84.